The Morgan fingerprint density at radius 1 is 1.12 bits per heavy atom. The van der Waals surface area contributed by atoms with Gasteiger partial charge < -0.3 is 5.73 Å². The maximum absolute atomic E-state index is 12.4. The van der Waals surface area contributed by atoms with E-state index < -0.39 is 17.4 Å². The first-order valence-electron chi connectivity index (χ1n) is 7.22. The van der Waals surface area contributed by atoms with E-state index in [0.717, 1.165) is 10.6 Å². The highest BCUT2D eigenvalue weighted by Gasteiger charge is 2.31. The Morgan fingerprint density at radius 2 is 1.92 bits per heavy atom. The third kappa shape index (κ3) is 2.19. The van der Waals surface area contributed by atoms with E-state index in [9.17, 15) is 14.4 Å². The molecule has 4 rings (SSSR count). The highest BCUT2D eigenvalue weighted by atomic mass is 16.2. The van der Waals surface area contributed by atoms with Gasteiger partial charge in [0, 0.05) is 11.6 Å². The van der Waals surface area contributed by atoms with E-state index in [4.69, 9.17) is 5.73 Å². The van der Waals surface area contributed by atoms with Crippen molar-refractivity contribution in [2.75, 3.05) is 5.73 Å². The number of carbonyl (C=O) groups excluding carboxylic acids is 2. The topological polar surface area (TPSA) is 138 Å². The monoisotopic (exact) mass is 337 g/mol. The van der Waals surface area contributed by atoms with Gasteiger partial charge in [-0.1, -0.05) is 12.1 Å². The van der Waals surface area contributed by atoms with E-state index in [-0.39, 0.29) is 16.9 Å². The maximum atomic E-state index is 12.4. The van der Waals surface area contributed by atoms with Crippen molar-refractivity contribution in [3.63, 3.8) is 0 Å². The number of pyridine rings is 1. The number of carbonyl (C=O) groups is 2. The molecule has 0 bridgehead atoms. The molecule has 3 aromatic rings. The number of nitrogens with zero attached hydrogens (tertiary/aromatic N) is 5. The lowest BCUT2D eigenvalue weighted by Gasteiger charge is -2.12. The largest absolute Gasteiger partial charge is 0.384 e. The summed E-state index contributed by atoms with van der Waals surface area (Å²) < 4.78 is 1.16. The minimum atomic E-state index is -0.631. The first-order chi connectivity index (χ1) is 12.0. The number of fused-ring (bicyclic) bond motifs is 1. The number of nitrogen functional groups attached to an aromatic ring is 1. The molecule has 3 N–H and O–H groups in total. The van der Waals surface area contributed by atoms with Crippen molar-refractivity contribution in [2.45, 2.75) is 0 Å². The zero-order valence-corrected chi connectivity index (χ0v) is 12.9. The lowest BCUT2D eigenvalue weighted by atomic mass is 10.1. The van der Waals surface area contributed by atoms with Gasteiger partial charge in [-0.15, -0.1) is 10.2 Å². The van der Waals surface area contributed by atoms with Crippen molar-refractivity contribution in [1.29, 1.82) is 0 Å². The summed E-state index contributed by atoms with van der Waals surface area (Å²) in [7, 11) is 1.64. The number of hydrogen-bond donors (Lipinski definition) is 2. The molecule has 0 radical (unpaired) electrons. The van der Waals surface area contributed by atoms with Gasteiger partial charge in [-0.3, -0.25) is 24.3 Å². The van der Waals surface area contributed by atoms with E-state index in [1.54, 1.807) is 31.3 Å². The molecule has 1 aliphatic rings. The van der Waals surface area contributed by atoms with Crippen molar-refractivity contribution in [3.8, 4) is 17.1 Å². The highest BCUT2D eigenvalue weighted by Crippen LogP contribution is 2.24. The van der Waals surface area contributed by atoms with Crippen LogP contribution in [-0.2, 0) is 7.05 Å². The first-order valence-corrected chi connectivity index (χ1v) is 7.22. The zero-order chi connectivity index (χ0) is 17.7. The summed E-state index contributed by atoms with van der Waals surface area (Å²) >= 11 is 0. The van der Waals surface area contributed by atoms with Crippen LogP contribution < -0.4 is 16.6 Å². The smallest absolute Gasteiger partial charge is 0.262 e. The summed E-state index contributed by atoms with van der Waals surface area (Å²) in [6.07, 6.45) is 0. The molecule has 25 heavy (non-hydrogen) atoms. The Labute approximate surface area is 139 Å². The minimum absolute atomic E-state index is 0.00682. The molecule has 0 fully saturated rings. The molecule has 0 aliphatic carbocycles. The average molecular weight is 337 g/mol. The van der Waals surface area contributed by atoms with Gasteiger partial charge >= 0.3 is 0 Å². The standard InChI is InChI=1S/C15H11N7O3/c1-21-19-13(18-20-21)7-3-2-4-8(5-7)22-10(23)6-9-11(12(22)16)15(25)17-14(9)24/h2-6H,16H2,1H3,(H,17,24,25). The van der Waals surface area contributed by atoms with Gasteiger partial charge in [0.15, 0.2) is 0 Å². The number of aryl methyl sites for hydroxylation is 1. The Balaban J connectivity index is 1.92. The Hall–Kier alpha value is -3.82. The van der Waals surface area contributed by atoms with Crippen LogP contribution >= 0.6 is 0 Å². The molecular formula is C15H11N7O3. The molecule has 3 heterocycles. The summed E-state index contributed by atoms with van der Waals surface area (Å²) in [5.74, 6) is -0.980. The van der Waals surface area contributed by atoms with Crippen LogP contribution in [0, 0.1) is 0 Å². The van der Waals surface area contributed by atoms with Crippen molar-refractivity contribution in [2.24, 2.45) is 7.05 Å². The van der Waals surface area contributed by atoms with Crippen molar-refractivity contribution >= 4 is 17.6 Å². The highest BCUT2D eigenvalue weighted by molar-refractivity contribution is 6.23. The van der Waals surface area contributed by atoms with E-state index in [1.807, 2.05) is 0 Å². The Kier molecular flexibility index (Phi) is 3.01. The second kappa shape index (κ2) is 5.09. The molecule has 0 saturated carbocycles. The third-order valence-corrected chi connectivity index (χ3v) is 3.82. The number of nitrogens with one attached hydrogen (secondary N) is 1. The number of benzene rings is 1. The van der Waals surface area contributed by atoms with Crippen LogP contribution in [-0.4, -0.2) is 36.6 Å². The molecule has 0 atom stereocenters. The lowest BCUT2D eigenvalue weighted by molar-refractivity contribution is 0.0880. The van der Waals surface area contributed by atoms with Crippen LogP contribution in [0.3, 0.4) is 0 Å². The predicted molar refractivity (Wildman–Crippen MR) is 86.0 cm³/mol. The first kappa shape index (κ1) is 14.8. The fourth-order valence-corrected chi connectivity index (χ4v) is 2.73. The average Bonchev–Trinajstić information content (AvgIpc) is 3.12. The van der Waals surface area contributed by atoms with Gasteiger partial charge in [0.1, 0.15) is 5.82 Å². The number of anilines is 1. The Bertz CT molecular complexity index is 1110. The molecular weight excluding hydrogens is 326 g/mol. The zero-order valence-electron chi connectivity index (χ0n) is 12.9. The van der Waals surface area contributed by atoms with Crippen LogP contribution in [0.1, 0.15) is 20.7 Å². The number of amides is 2. The molecule has 10 nitrogen and oxygen atoms in total. The summed E-state index contributed by atoms with van der Waals surface area (Å²) in [6.45, 7) is 0. The molecule has 0 spiro atoms. The fourth-order valence-electron chi connectivity index (χ4n) is 2.73. The molecule has 2 aromatic heterocycles. The van der Waals surface area contributed by atoms with E-state index in [2.05, 4.69) is 20.7 Å². The number of rotatable bonds is 2. The Morgan fingerprint density at radius 3 is 2.64 bits per heavy atom. The number of tetrazole rings is 1. The van der Waals surface area contributed by atoms with Crippen LogP contribution in [0.15, 0.2) is 35.1 Å². The number of hydrogen-bond acceptors (Lipinski definition) is 7. The number of imide groups is 1. The summed E-state index contributed by atoms with van der Waals surface area (Å²) in [5, 5.41) is 13.9. The predicted octanol–water partition coefficient (Wildman–Crippen LogP) is -0.506. The third-order valence-electron chi connectivity index (χ3n) is 3.82. The molecule has 1 aromatic carbocycles. The normalized spacial score (nSPS) is 13.0. The summed E-state index contributed by atoms with van der Waals surface area (Å²) in [5.41, 5.74) is 6.51. The number of nitrogens with two attached hydrogens (primary N) is 1. The van der Waals surface area contributed by atoms with Crippen molar-refractivity contribution in [1.82, 2.24) is 30.1 Å². The van der Waals surface area contributed by atoms with E-state index in [0.29, 0.717) is 17.1 Å². The molecule has 0 saturated heterocycles. The van der Waals surface area contributed by atoms with Crippen LogP contribution in [0.2, 0.25) is 0 Å². The summed E-state index contributed by atoms with van der Waals surface area (Å²) in [6, 6.07) is 7.85. The van der Waals surface area contributed by atoms with E-state index in [1.165, 1.54) is 4.80 Å². The SMILES string of the molecule is Cn1nnc(-c2cccc(-n3c(N)c4c(cc3=O)C(=O)NC4=O)c2)n1. The second-order valence-corrected chi connectivity index (χ2v) is 5.43. The minimum Gasteiger partial charge on any atom is -0.384 e. The lowest BCUT2D eigenvalue weighted by Crippen LogP contribution is -2.24. The van der Waals surface area contributed by atoms with Crippen LogP contribution in [0.4, 0.5) is 5.82 Å². The van der Waals surface area contributed by atoms with Crippen LogP contribution in [0.25, 0.3) is 17.1 Å². The summed E-state index contributed by atoms with van der Waals surface area (Å²) in [4.78, 5) is 37.4. The van der Waals surface area contributed by atoms with E-state index >= 15 is 0 Å². The molecule has 2 amide bonds. The fraction of sp³-hybridized carbons (Fsp3) is 0.0667. The van der Waals surface area contributed by atoms with Gasteiger partial charge in [-0.05, 0) is 17.3 Å². The molecule has 10 heteroatoms. The van der Waals surface area contributed by atoms with Gasteiger partial charge in [0.2, 0.25) is 5.82 Å². The van der Waals surface area contributed by atoms with Gasteiger partial charge in [0.05, 0.1) is 23.9 Å². The molecule has 0 unspecified atom stereocenters. The molecule has 124 valence electrons. The van der Waals surface area contributed by atoms with Crippen LogP contribution in [0.5, 0.6) is 0 Å². The second-order valence-electron chi connectivity index (χ2n) is 5.43. The van der Waals surface area contributed by atoms with Gasteiger partial charge in [0.25, 0.3) is 17.4 Å². The van der Waals surface area contributed by atoms with Crippen molar-refractivity contribution in [3.05, 3.63) is 51.8 Å². The maximum Gasteiger partial charge on any atom is 0.262 e. The number of aromatic nitrogens is 5. The molecule has 1 aliphatic heterocycles. The quantitative estimate of drug-likeness (QED) is 0.601. The van der Waals surface area contributed by atoms with Gasteiger partial charge in [-0.2, -0.15) is 4.80 Å². The van der Waals surface area contributed by atoms with Crippen molar-refractivity contribution < 1.29 is 9.59 Å². The van der Waals surface area contributed by atoms with Gasteiger partial charge in [-0.25, -0.2) is 0 Å².